The van der Waals surface area contributed by atoms with Crippen LogP contribution in [-0.4, -0.2) is 63.5 Å². The van der Waals surface area contributed by atoms with E-state index in [9.17, 15) is 0 Å². The summed E-state index contributed by atoms with van der Waals surface area (Å²) < 4.78 is 12.6. The number of likely N-dealkylation sites (N-methyl/N-ethyl adjacent to an activating group) is 1. The molecule has 0 aromatic carbocycles. The predicted octanol–water partition coefficient (Wildman–Crippen LogP) is 12.8. The summed E-state index contributed by atoms with van der Waals surface area (Å²) in [6, 6.07) is 0.553. The molecule has 2 atom stereocenters. The van der Waals surface area contributed by atoms with Gasteiger partial charge in [-0.2, -0.15) is 0 Å². The molecule has 0 bridgehead atoms. The van der Waals surface area contributed by atoms with E-state index in [2.05, 4.69) is 55.4 Å². The minimum absolute atomic E-state index is 0.217. The van der Waals surface area contributed by atoms with E-state index in [-0.39, 0.29) is 6.10 Å². The fourth-order valence-electron chi connectivity index (χ4n) is 6.88. The fraction of sp³-hybridized carbons (Fsp3) is 0.909. The maximum atomic E-state index is 6.45. The van der Waals surface area contributed by atoms with Crippen LogP contribution in [0.5, 0.6) is 0 Å². The molecular formula is C44H86N2O2. The van der Waals surface area contributed by atoms with Gasteiger partial charge in [0, 0.05) is 38.9 Å². The Kier molecular flexibility index (Phi) is 35.5. The molecule has 0 radical (unpaired) electrons. The van der Waals surface area contributed by atoms with Crippen molar-refractivity contribution in [1.82, 2.24) is 10.2 Å². The third-order valence-corrected chi connectivity index (χ3v) is 10.3. The SMILES string of the molecule is CCCCCCCC/C=C\CCCCCCCCOCC(CC1CNCCN1C)OCCCCCCCC/C=C\CCCCCCCC. The second-order valence-electron chi connectivity index (χ2n) is 15.0. The maximum Gasteiger partial charge on any atom is 0.0823 e. The zero-order valence-corrected chi connectivity index (χ0v) is 33.0. The highest BCUT2D eigenvalue weighted by Crippen LogP contribution is 2.15. The second-order valence-corrected chi connectivity index (χ2v) is 15.0. The van der Waals surface area contributed by atoms with Gasteiger partial charge in [0.15, 0.2) is 0 Å². The molecule has 0 aromatic rings. The lowest BCUT2D eigenvalue weighted by atomic mass is 10.1. The monoisotopic (exact) mass is 675 g/mol. The summed E-state index contributed by atoms with van der Waals surface area (Å²) in [5, 5.41) is 3.58. The van der Waals surface area contributed by atoms with Gasteiger partial charge in [0.1, 0.15) is 0 Å². The number of nitrogens with one attached hydrogen (secondary N) is 1. The Morgan fingerprint density at radius 3 is 1.44 bits per heavy atom. The molecule has 1 aliphatic heterocycles. The quantitative estimate of drug-likeness (QED) is 0.0525. The zero-order chi connectivity index (χ0) is 34.4. The first-order chi connectivity index (χ1) is 23.8. The molecule has 1 heterocycles. The summed E-state index contributed by atoms with van der Waals surface area (Å²) in [7, 11) is 2.27. The molecule has 1 aliphatic rings. The standard InChI is InChI=1S/C44H86N2O2/c1-4-6-8-10-12-14-16-18-20-22-24-26-28-30-32-34-38-47-42-44(40-43-41-45-36-37-46(43)3)48-39-35-33-31-29-27-25-23-21-19-17-15-13-11-9-7-5-2/h18-21,43-45H,4-17,22-42H2,1-3H3/b20-18-,21-19-. The summed E-state index contributed by atoms with van der Waals surface area (Å²) in [6.07, 6.45) is 48.7. The van der Waals surface area contributed by atoms with Crippen LogP contribution in [0.3, 0.4) is 0 Å². The largest absolute Gasteiger partial charge is 0.379 e. The Bertz CT molecular complexity index is 681. The van der Waals surface area contributed by atoms with Crippen molar-refractivity contribution < 1.29 is 9.47 Å². The molecule has 0 amide bonds. The first-order valence-electron chi connectivity index (χ1n) is 21.7. The van der Waals surface area contributed by atoms with Crippen molar-refractivity contribution in [2.24, 2.45) is 0 Å². The van der Waals surface area contributed by atoms with Crippen LogP contribution in [0.25, 0.3) is 0 Å². The topological polar surface area (TPSA) is 33.7 Å². The molecule has 4 heteroatoms. The van der Waals surface area contributed by atoms with E-state index in [1.165, 1.54) is 180 Å². The van der Waals surface area contributed by atoms with Gasteiger partial charge in [-0.25, -0.2) is 0 Å². The Hall–Kier alpha value is -0.680. The molecule has 0 spiro atoms. The lowest BCUT2D eigenvalue weighted by Crippen LogP contribution is -2.51. The van der Waals surface area contributed by atoms with Gasteiger partial charge < -0.3 is 19.7 Å². The molecule has 1 fully saturated rings. The van der Waals surface area contributed by atoms with Crippen molar-refractivity contribution in [2.75, 3.05) is 46.5 Å². The van der Waals surface area contributed by atoms with Crippen LogP contribution < -0.4 is 5.32 Å². The summed E-state index contributed by atoms with van der Waals surface area (Å²) >= 11 is 0. The van der Waals surface area contributed by atoms with Crippen LogP contribution in [0.1, 0.15) is 200 Å². The number of rotatable bonds is 37. The van der Waals surface area contributed by atoms with Crippen LogP contribution in [0, 0.1) is 0 Å². The average molecular weight is 675 g/mol. The number of allylic oxidation sites excluding steroid dienone is 4. The van der Waals surface area contributed by atoms with Crippen molar-refractivity contribution in [3.05, 3.63) is 24.3 Å². The third kappa shape index (κ3) is 31.3. The van der Waals surface area contributed by atoms with E-state index >= 15 is 0 Å². The molecule has 1 saturated heterocycles. The number of unbranched alkanes of at least 4 members (excludes halogenated alkanes) is 24. The highest BCUT2D eigenvalue weighted by molar-refractivity contribution is 4.82. The average Bonchev–Trinajstić information content (AvgIpc) is 3.09. The number of hydrogen-bond acceptors (Lipinski definition) is 4. The first-order valence-corrected chi connectivity index (χ1v) is 21.7. The summed E-state index contributed by atoms with van der Waals surface area (Å²) in [5.41, 5.74) is 0. The van der Waals surface area contributed by atoms with E-state index in [0.29, 0.717) is 6.04 Å². The number of hydrogen-bond donors (Lipinski definition) is 1. The minimum atomic E-state index is 0.217. The molecule has 0 saturated carbocycles. The molecule has 1 N–H and O–H groups in total. The van der Waals surface area contributed by atoms with Gasteiger partial charge in [-0.1, -0.05) is 154 Å². The summed E-state index contributed by atoms with van der Waals surface area (Å²) in [6.45, 7) is 10.4. The molecule has 2 unspecified atom stereocenters. The summed E-state index contributed by atoms with van der Waals surface area (Å²) in [5.74, 6) is 0. The van der Waals surface area contributed by atoms with Crippen LogP contribution in [0.2, 0.25) is 0 Å². The van der Waals surface area contributed by atoms with Crippen molar-refractivity contribution in [2.45, 2.75) is 212 Å². The van der Waals surface area contributed by atoms with Crippen molar-refractivity contribution in [3.63, 3.8) is 0 Å². The predicted molar refractivity (Wildman–Crippen MR) is 213 cm³/mol. The molecular weight excluding hydrogens is 588 g/mol. The fourth-order valence-corrected chi connectivity index (χ4v) is 6.88. The number of ether oxygens (including phenoxy) is 2. The molecule has 0 aliphatic carbocycles. The lowest BCUT2D eigenvalue weighted by molar-refractivity contribution is -0.0350. The maximum absolute atomic E-state index is 6.45. The van der Waals surface area contributed by atoms with Crippen LogP contribution >= 0.6 is 0 Å². The molecule has 284 valence electrons. The number of piperazine rings is 1. The van der Waals surface area contributed by atoms with E-state index < -0.39 is 0 Å². The smallest absolute Gasteiger partial charge is 0.0823 e. The van der Waals surface area contributed by atoms with Gasteiger partial charge >= 0.3 is 0 Å². The normalized spacial score (nSPS) is 16.5. The lowest BCUT2D eigenvalue weighted by Gasteiger charge is -2.35. The van der Waals surface area contributed by atoms with Gasteiger partial charge in [0.2, 0.25) is 0 Å². The van der Waals surface area contributed by atoms with Gasteiger partial charge in [-0.15, -0.1) is 0 Å². The molecule has 1 rings (SSSR count). The zero-order valence-electron chi connectivity index (χ0n) is 33.0. The van der Waals surface area contributed by atoms with E-state index in [4.69, 9.17) is 9.47 Å². The minimum Gasteiger partial charge on any atom is -0.379 e. The Morgan fingerprint density at radius 1 is 0.562 bits per heavy atom. The Morgan fingerprint density at radius 2 is 0.979 bits per heavy atom. The van der Waals surface area contributed by atoms with Crippen molar-refractivity contribution in [1.29, 1.82) is 0 Å². The van der Waals surface area contributed by atoms with Gasteiger partial charge in [-0.3, -0.25) is 0 Å². The van der Waals surface area contributed by atoms with E-state index in [0.717, 1.165) is 45.9 Å². The first kappa shape index (κ1) is 45.3. The third-order valence-electron chi connectivity index (χ3n) is 10.3. The second kappa shape index (κ2) is 37.6. The van der Waals surface area contributed by atoms with Crippen LogP contribution in [0.15, 0.2) is 24.3 Å². The molecule has 4 nitrogen and oxygen atoms in total. The van der Waals surface area contributed by atoms with Gasteiger partial charge in [0.05, 0.1) is 12.7 Å². The van der Waals surface area contributed by atoms with Crippen LogP contribution in [-0.2, 0) is 9.47 Å². The number of nitrogens with zero attached hydrogens (tertiary/aromatic N) is 1. The van der Waals surface area contributed by atoms with Gasteiger partial charge in [-0.05, 0) is 77.7 Å². The van der Waals surface area contributed by atoms with Crippen LogP contribution in [0.4, 0.5) is 0 Å². The highest BCUT2D eigenvalue weighted by Gasteiger charge is 2.23. The van der Waals surface area contributed by atoms with Crippen molar-refractivity contribution in [3.8, 4) is 0 Å². The Balaban J connectivity index is 2.03. The van der Waals surface area contributed by atoms with E-state index in [1.54, 1.807) is 0 Å². The Labute approximate surface area is 302 Å². The van der Waals surface area contributed by atoms with E-state index in [1.807, 2.05) is 0 Å². The highest BCUT2D eigenvalue weighted by atomic mass is 16.5. The molecule has 0 aromatic heterocycles. The molecule has 48 heavy (non-hydrogen) atoms. The van der Waals surface area contributed by atoms with Gasteiger partial charge in [0.25, 0.3) is 0 Å². The van der Waals surface area contributed by atoms with Crippen molar-refractivity contribution >= 4 is 0 Å². The summed E-state index contributed by atoms with van der Waals surface area (Å²) in [4.78, 5) is 2.50.